The summed E-state index contributed by atoms with van der Waals surface area (Å²) in [7, 11) is 0. The number of aliphatic hydroxyl groups excluding tert-OH is 3. The van der Waals surface area contributed by atoms with E-state index in [0.29, 0.717) is 24.2 Å². The highest BCUT2D eigenvalue weighted by Crippen LogP contribution is 2.72. The van der Waals surface area contributed by atoms with Crippen molar-refractivity contribution in [3.8, 4) is 0 Å². The minimum absolute atomic E-state index is 0.0152. The molecule has 0 aromatic heterocycles. The maximum absolute atomic E-state index is 11.0. The van der Waals surface area contributed by atoms with Gasteiger partial charge in [-0.2, -0.15) is 0 Å². The first-order chi connectivity index (χ1) is 10.8. The van der Waals surface area contributed by atoms with Crippen LogP contribution in [0.4, 0.5) is 0 Å². The van der Waals surface area contributed by atoms with Crippen molar-refractivity contribution in [2.45, 2.75) is 71.0 Å². The van der Waals surface area contributed by atoms with Gasteiger partial charge >= 0.3 is 0 Å². The highest BCUT2D eigenvalue weighted by molar-refractivity contribution is 5.27. The summed E-state index contributed by atoms with van der Waals surface area (Å²) in [6.45, 7) is 8.87. The first-order valence-corrected chi connectivity index (χ1v) is 9.42. The van der Waals surface area contributed by atoms with Crippen molar-refractivity contribution >= 4 is 0 Å². The van der Waals surface area contributed by atoms with E-state index >= 15 is 0 Å². The van der Waals surface area contributed by atoms with Crippen LogP contribution >= 0.6 is 0 Å². The minimum Gasteiger partial charge on any atom is -0.396 e. The van der Waals surface area contributed by atoms with Crippen molar-refractivity contribution in [3.63, 3.8) is 0 Å². The Bertz CT molecular complexity index is 531. The predicted octanol–water partition coefficient (Wildman–Crippen LogP) is 2.89. The lowest BCUT2D eigenvalue weighted by molar-refractivity contribution is -0.199. The number of aliphatic hydroxyl groups is 3. The molecule has 0 unspecified atom stereocenters. The van der Waals surface area contributed by atoms with Crippen molar-refractivity contribution in [2.24, 2.45) is 34.0 Å². The van der Waals surface area contributed by atoms with E-state index in [1.165, 1.54) is 0 Å². The summed E-state index contributed by atoms with van der Waals surface area (Å²) < 4.78 is 0. The fourth-order valence-electron chi connectivity index (χ4n) is 7.82. The molecule has 3 heteroatoms. The highest BCUT2D eigenvalue weighted by Gasteiger charge is 2.67. The molecule has 0 radical (unpaired) electrons. The molecule has 4 rings (SSSR count). The van der Waals surface area contributed by atoms with E-state index in [-0.39, 0.29) is 35.1 Å². The fraction of sp³-hybridized carbons (Fsp3) is 0.900. The fourth-order valence-corrected chi connectivity index (χ4v) is 7.82. The van der Waals surface area contributed by atoms with Gasteiger partial charge in [0.1, 0.15) is 0 Å². The third-order valence-corrected chi connectivity index (χ3v) is 8.61. The lowest BCUT2D eigenvalue weighted by atomic mass is 9.40. The normalized spacial score (nSPS) is 58.7. The van der Waals surface area contributed by atoms with E-state index in [1.54, 1.807) is 0 Å². The van der Waals surface area contributed by atoms with Gasteiger partial charge in [0.05, 0.1) is 12.2 Å². The largest absolute Gasteiger partial charge is 0.396 e. The number of fused-ring (bicyclic) bond motifs is 3. The van der Waals surface area contributed by atoms with Crippen LogP contribution < -0.4 is 0 Å². The SMILES string of the molecule is C=C1[C@@H]2CC[C@H]3[C@]4(C)C[C@H](O)C[C@](C)(CO)[C@H]4CC[C@]3(C2)[C@H]1O. The van der Waals surface area contributed by atoms with E-state index in [1.807, 2.05) is 0 Å². The number of hydrogen-bond donors (Lipinski definition) is 3. The average Bonchev–Trinajstić information content (AvgIpc) is 2.67. The Labute approximate surface area is 139 Å². The van der Waals surface area contributed by atoms with E-state index < -0.39 is 0 Å². The Balaban J connectivity index is 1.78. The molecule has 0 amide bonds. The monoisotopic (exact) mass is 320 g/mol. The van der Waals surface area contributed by atoms with Crippen molar-refractivity contribution in [2.75, 3.05) is 6.61 Å². The summed E-state index contributed by atoms with van der Waals surface area (Å²) in [5.74, 6) is 1.39. The zero-order valence-corrected chi connectivity index (χ0v) is 14.6. The lowest BCUT2D eigenvalue weighted by Gasteiger charge is -2.65. The molecule has 1 spiro atoms. The smallest absolute Gasteiger partial charge is 0.0809 e. The van der Waals surface area contributed by atoms with Crippen LogP contribution in [0.1, 0.15) is 58.8 Å². The van der Waals surface area contributed by atoms with Crippen LogP contribution in [-0.4, -0.2) is 34.1 Å². The van der Waals surface area contributed by atoms with Gasteiger partial charge in [-0.25, -0.2) is 0 Å². The minimum atomic E-state index is -0.364. The third-order valence-electron chi connectivity index (χ3n) is 8.61. The summed E-state index contributed by atoms with van der Waals surface area (Å²) >= 11 is 0. The Hall–Kier alpha value is -0.380. The predicted molar refractivity (Wildman–Crippen MR) is 89.7 cm³/mol. The maximum Gasteiger partial charge on any atom is 0.0809 e. The second kappa shape index (κ2) is 4.83. The van der Waals surface area contributed by atoms with Crippen LogP contribution in [0.15, 0.2) is 12.2 Å². The molecule has 0 aromatic rings. The number of rotatable bonds is 1. The quantitative estimate of drug-likeness (QED) is 0.651. The van der Waals surface area contributed by atoms with Crippen molar-refractivity contribution in [1.82, 2.24) is 0 Å². The van der Waals surface area contributed by atoms with Crippen molar-refractivity contribution in [1.29, 1.82) is 0 Å². The summed E-state index contributed by atoms with van der Waals surface area (Å²) in [5.41, 5.74) is 0.879. The average molecular weight is 320 g/mol. The molecular weight excluding hydrogens is 288 g/mol. The Morgan fingerprint density at radius 3 is 2.48 bits per heavy atom. The summed E-state index contributed by atoms with van der Waals surface area (Å²) in [6.07, 6.45) is 6.32. The van der Waals surface area contributed by atoms with Gasteiger partial charge in [-0.1, -0.05) is 20.4 Å². The van der Waals surface area contributed by atoms with Crippen molar-refractivity contribution in [3.05, 3.63) is 12.2 Å². The molecule has 8 atom stereocenters. The summed E-state index contributed by atoms with van der Waals surface area (Å²) in [6, 6.07) is 0. The Kier molecular flexibility index (Phi) is 3.38. The molecule has 3 nitrogen and oxygen atoms in total. The Morgan fingerprint density at radius 1 is 1.04 bits per heavy atom. The molecule has 0 aliphatic heterocycles. The van der Waals surface area contributed by atoms with Gasteiger partial charge in [0.15, 0.2) is 0 Å². The third kappa shape index (κ3) is 1.88. The van der Waals surface area contributed by atoms with Gasteiger partial charge in [-0.05, 0) is 79.1 Å². The van der Waals surface area contributed by atoms with Gasteiger partial charge in [-0.3, -0.25) is 0 Å². The van der Waals surface area contributed by atoms with Crippen molar-refractivity contribution < 1.29 is 15.3 Å². The maximum atomic E-state index is 11.0. The van der Waals surface area contributed by atoms with Gasteiger partial charge < -0.3 is 15.3 Å². The van der Waals surface area contributed by atoms with Crippen LogP contribution in [0.25, 0.3) is 0 Å². The number of hydrogen-bond acceptors (Lipinski definition) is 3. The molecule has 4 saturated carbocycles. The molecule has 2 bridgehead atoms. The molecule has 23 heavy (non-hydrogen) atoms. The van der Waals surface area contributed by atoms with E-state index in [4.69, 9.17) is 0 Å². The molecule has 4 fully saturated rings. The van der Waals surface area contributed by atoms with Crippen LogP contribution in [0.2, 0.25) is 0 Å². The van der Waals surface area contributed by atoms with Gasteiger partial charge in [-0.15, -0.1) is 0 Å². The first kappa shape index (κ1) is 16.1. The molecule has 4 aliphatic carbocycles. The molecule has 0 saturated heterocycles. The zero-order valence-electron chi connectivity index (χ0n) is 14.6. The second-order valence-electron chi connectivity index (χ2n) is 9.71. The van der Waals surface area contributed by atoms with Gasteiger partial charge in [0.2, 0.25) is 0 Å². The van der Waals surface area contributed by atoms with Gasteiger partial charge in [0, 0.05) is 12.0 Å². The van der Waals surface area contributed by atoms with Gasteiger partial charge in [0.25, 0.3) is 0 Å². The molecule has 0 heterocycles. The molecular formula is C20H32O3. The first-order valence-electron chi connectivity index (χ1n) is 9.42. The molecule has 130 valence electrons. The summed E-state index contributed by atoms with van der Waals surface area (Å²) in [5, 5.41) is 31.6. The second-order valence-corrected chi connectivity index (χ2v) is 9.71. The summed E-state index contributed by atoms with van der Waals surface area (Å²) in [4.78, 5) is 0. The standard InChI is InChI=1S/C20H32O3/c1-12-13-4-5-16-19(3)10-14(22)9-18(2,11-21)15(19)6-7-20(16,8-13)17(12)23/h13-17,21-23H,1,4-11H2,2-3H3/t13-,14-,15-,16+,17+,18-,19-,20-/m1/s1. The molecule has 4 aliphatic rings. The van der Waals surface area contributed by atoms with E-state index in [2.05, 4.69) is 20.4 Å². The van der Waals surface area contributed by atoms with Crippen LogP contribution in [0.3, 0.4) is 0 Å². The van der Waals surface area contributed by atoms with E-state index in [0.717, 1.165) is 44.1 Å². The zero-order chi connectivity index (χ0) is 16.6. The lowest BCUT2D eigenvalue weighted by Crippen LogP contribution is -2.61. The highest BCUT2D eigenvalue weighted by atomic mass is 16.3. The van der Waals surface area contributed by atoms with Crippen LogP contribution in [-0.2, 0) is 0 Å². The topological polar surface area (TPSA) is 60.7 Å². The van der Waals surface area contributed by atoms with E-state index in [9.17, 15) is 15.3 Å². The molecule has 0 aromatic carbocycles. The van der Waals surface area contributed by atoms with Crippen LogP contribution in [0.5, 0.6) is 0 Å². The van der Waals surface area contributed by atoms with Crippen LogP contribution in [0, 0.1) is 34.0 Å². The Morgan fingerprint density at radius 2 is 1.78 bits per heavy atom. The molecule has 3 N–H and O–H groups in total.